The van der Waals surface area contributed by atoms with Gasteiger partial charge in [0.1, 0.15) is 0 Å². The summed E-state index contributed by atoms with van der Waals surface area (Å²) in [7, 11) is 0. The Morgan fingerprint density at radius 2 is 1.67 bits per heavy atom. The molecule has 1 fully saturated rings. The highest BCUT2D eigenvalue weighted by Crippen LogP contribution is 2.28. The first kappa shape index (κ1) is 16.5. The summed E-state index contributed by atoms with van der Waals surface area (Å²) in [5, 5.41) is 9.37. The van der Waals surface area contributed by atoms with E-state index in [2.05, 4.69) is 0 Å². The fraction of sp³-hybridized carbons (Fsp3) is 0.316. The van der Waals surface area contributed by atoms with E-state index < -0.39 is 0 Å². The fourth-order valence-corrected chi connectivity index (χ4v) is 2.85. The summed E-state index contributed by atoms with van der Waals surface area (Å²) >= 11 is 0. The molecule has 1 heterocycles. The monoisotopic (exact) mass is 326 g/mol. The van der Waals surface area contributed by atoms with Gasteiger partial charge in [0.2, 0.25) is 0 Å². The summed E-state index contributed by atoms with van der Waals surface area (Å²) in [6.07, 6.45) is -0.335. The summed E-state index contributed by atoms with van der Waals surface area (Å²) in [5.41, 5.74) is 1.63. The van der Waals surface area contributed by atoms with Gasteiger partial charge in [-0.25, -0.2) is 4.79 Å². The second-order valence-corrected chi connectivity index (χ2v) is 5.93. The molecule has 0 aliphatic carbocycles. The van der Waals surface area contributed by atoms with Crippen LogP contribution in [-0.2, 0) is 4.74 Å². The van der Waals surface area contributed by atoms with Crippen molar-refractivity contribution in [2.45, 2.75) is 19.1 Å². The zero-order valence-corrected chi connectivity index (χ0v) is 13.7. The topological polar surface area (TPSA) is 53.0 Å². The molecule has 2 amide bonds. The molecular weight excluding hydrogens is 304 g/mol. The number of anilines is 2. The minimum Gasteiger partial charge on any atom is -0.394 e. The summed E-state index contributed by atoms with van der Waals surface area (Å²) in [6, 6.07) is 19.0. The van der Waals surface area contributed by atoms with Crippen molar-refractivity contribution in [3.63, 3.8) is 0 Å². The van der Waals surface area contributed by atoms with Gasteiger partial charge in [0.25, 0.3) is 0 Å². The van der Waals surface area contributed by atoms with E-state index in [4.69, 9.17) is 4.74 Å². The van der Waals surface area contributed by atoms with Crippen LogP contribution in [0.3, 0.4) is 0 Å². The second kappa shape index (κ2) is 7.47. The smallest absolute Gasteiger partial charge is 0.329 e. The SMILES string of the molecule is C[C@@H]1CO[C@H](CO)CN1C(=O)N(c1ccccc1)c1ccccc1. The van der Waals surface area contributed by atoms with E-state index in [1.54, 1.807) is 9.80 Å². The molecule has 0 aromatic heterocycles. The van der Waals surface area contributed by atoms with Crippen LogP contribution in [-0.4, -0.2) is 47.9 Å². The number of carbonyl (C=O) groups excluding carboxylic acids is 1. The zero-order valence-electron chi connectivity index (χ0n) is 13.7. The number of morpholine rings is 1. The molecule has 0 radical (unpaired) electrons. The normalized spacial score (nSPS) is 20.7. The van der Waals surface area contributed by atoms with Gasteiger partial charge >= 0.3 is 6.03 Å². The van der Waals surface area contributed by atoms with E-state index in [9.17, 15) is 9.90 Å². The van der Waals surface area contributed by atoms with Crippen molar-refractivity contribution in [3.8, 4) is 0 Å². The summed E-state index contributed by atoms with van der Waals surface area (Å²) in [6.45, 7) is 2.67. The van der Waals surface area contributed by atoms with Crippen molar-refractivity contribution in [1.82, 2.24) is 4.90 Å². The molecule has 0 saturated carbocycles. The molecule has 0 unspecified atom stereocenters. The summed E-state index contributed by atoms with van der Waals surface area (Å²) in [5.74, 6) is 0. The van der Waals surface area contributed by atoms with Crippen molar-refractivity contribution in [2.24, 2.45) is 0 Å². The highest BCUT2D eigenvalue weighted by Gasteiger charge is 2.33. The fourth-order valence-electron chi connectivity index (χ4n) is 2.85. The maximum absolute atomic E-state index is 13.3. The Labute approximate surface area is 142 Å². The van der Waals surface area contributed by atoms with Crippen molar-refractivity contribution >= 4 is 17.4 Å². The first-order valence-corrected chi connectivity index (χ1v) is 8.14. The largest absolute Gasteiger partial charge is 0.394 e. The minimum atomic E-state index is -0.335. The lowest BCUT2D eigenvalue weighted by Crippen LogP contribution is -2.55. The van der Waals surface area contributed by atoms with E-state index >= 15 is 0 Å². The Kier molecular flexibility index (Phi) is 5.13. The standard InChI is InChI=1S/C19H22N2O3/c1-15-14-24-18(13-22)12-20(15)19(23)21(16-8-4-2-5-9-16)17-10-6-3-7-11-17/h2-11,15,18,22H,12-14H2,1H3/t15-,18+/m1/s1. The van der Waals surface area contributed by atoms with Crippen LogP contribution in [0.2, 0.25) is 0 Å². The van der Waals surface area contributed by atoms with Crippen molar-refractivity contribution in [3.05, 3.63) is 60.7 Å². The molecule has 126 valence electrons. The average molecular weight is 326 g/mol. The van der Waals surface area contributed by atoms with Crippen molar-refractivity contribution in [2.75, 3.05) is 24.7 Å². The van der Waals surface area contributed by atoms with Gasteiger partial charge in [0.15, 0.2) is 0 Å². The number of rotatable bonds is 3. The van der Waals surface area contributed by atoms with E-state index in [0.29, 0.717) is 13.2 Å². The second-order valence-electron chi connectivity index (χ2n) is 5.93. The first-order valence-electron chi connectivity index (χ1n) is 8.14. The van der Waals surface area contributed by atoms with Gasteiger partial charge in [0, 0.05) is 0 Å². The van der Waals surface area contributed by atoms with E-state index in [1.807, 2.05) is 67.6 Å². The molecule has 1 aliphatic heterocycles. The van der Waals surface area contributed by atoms with Crippen LogP contribution in [0.25, 0.3) is 0 Å². The minimum absolute atomic E-state index is 0.0461. The number of aliphatic hydroxyl groups is 1. The summed E-state index contributed by atoms with van der Waals surface area (Å²) < 4.78 is 5.55. The van der Waals surface area contributed by atoms with E-state index in [-0.39, 0.29) is 24.8 Å². The Hall–Kier alpha value is -2.37. The predicted octanol–water partition coefficient (Wildman–Crippen LogP) is 3.03. The Morgan fingerprint density at radius 3 is 2.17 bits per heavy atom. The third kappa shape index (κ3) is 3.42. The van der Waals surface area contributed by atoms with Gasteiger partial charge in [-0.2, -0.15) is 0 Å². The third-order valence-corrected chi connectivity index (χ3v) is 4.17. The van der Waals surface area contributed by atoms with Crippen molar-refractivity contribution in [1.29, 1.82) is 0 Å². The zero-order chi connectivity index (χ0) is 16.9. The number of benzene rings is 2. The van der Waals surface area contributed by atoms with E-state index in [1.165, 1.54) is 0 Å². The molecule has 5 heteroatoms. The molecule has 5 nitrogen and oxygen atoms in total. The molecule has 2 aromatic rings. The van der Waals surface area contributed by atoms with Crippen molar-refractivity contribution < 1.29 is 14.6 Å². The molecule has 1 aliphatic rings. The molecule has 0 bridgehead atoms. The molecule has 24 heavy (non-hydrogen) atoms. The van der Waals surface area contributed by atoms with Crippen LogP contribution in [0.5, 0.6) is 0 Å². The number of carbonyl (C=O) groups is 1. The lowest BCUT2D eigenvalue weighted by molar-refractivity contribution is -0.0617. The van der Waals surface area contributed by atoms with Gasteiger partial charge in [-0.1, -0.05) is 36.4 Å². The van der Waals surface area contributed by atoms with Crippen LogP contribution in [0.15, 0.2) is 60.7 Å². The van der Waals surface area contributed by atoms with Gasteiger partial charge in [-0.15, -0.1) is 0 Å². The van der Waals surface area contributed by atoms with Crippen LogP contribution in [0.4, 0.5) is 16.2 Å². The maximum atomic E-state index is 13.3. The highest BCUT2D eigenvalue weighted by atomic mass is 16.5. The number of amides is 2. The van der Waals surface area contributed by atoms with Crippen LogP contribution < -0.4 is 4.90 Å². The Bertz CT molecular complexity index is 623. The lowest BCUT2D eigenvalue weighted by Gasteiger charge is -2.40. The van der Waals surface area contributed by atoms with Gasteiger partial charge in [-0.05, 0) is 31.2 Å². The first-order chi connectivity index (χ1) is 11.7. The van der Waals surface area contributed by atoms with Gasteiger partial charge < -0.3 is 14.7 Å². The highest BCUT2D eigenvalue weighted by molar-refractivity contribution is 5.99. The molecular formula is C19H22N2O3. The molecule has 0 spiro atoms. The quantitative estimate of drug-likeness (QED) is 0.943. The number of nitrogens with zero attached hydrogens (tertiary/aromatic N) is 2. The molecule has 2 atom stereocenters. The van der Waals surface area contributed by atoms with Crippen LogP contribution in [0, 0.1) is 0 Å². The summed E-state index contributed by atoms with van der Waals surface area (Å²) in [4.78, 5) is 16.8. The maximum Gasteiger partial charge on any atom is 0.329 e. The molecule has 1 saturated heterocycles. The van der Waals surface area contributed by atoms with Crippen LogP contribution in [0.1, 0.15) is 6.92 Å². The average Bonchev–Trinajstić information content (AvgIpc) is 2.64. The predicted molar refractivity (Wildman–Crippen MR) is 93.4 cm³/mol. The molecule has 2 aromatic carbocycles. The number of ether oxygens (including phenoxy) is 1. The molecule has 3 rings (SSSR count). The lowest BCUT2D eigenvalue weighted by atomic mass is 10.2. The number of hydrogen-bond acceptors (Lipinski definition) is 3. The third-order valence-electron chi connectivity index (χ3n) is 4.17. The van der Waals surface area contributed by atoms with Crippen LogP contribution >= 0.6 is 0 Å². The Balaban J connectivity index is 1.95. The van der Waals surface area contributed by atoms with Gasteiger partial charge in [0.05, 0.1) is 43.3 Å². The van der Waals surface area contributed by atoms with E-state index in [0.717, 1.165) is 11.4 Å². The van der Waals surface area contributed by atoms with Gasteiger partial charge in [-0.3, -0.25) is 4.90 Å². The number of para-hydroxylation sites is 2. The number of urea groups is 1. The molecule has 1 N–H and O–H groups in total. The number of aliphatic hydroxyl groups excluding tert-OH is 1. The number of hydrogen-bond donors (Lipinski definition) is 1. The Morgan fingerprint density at radius 1 is 1.12 bits per heavy atom.